The number of nitrogens with zero attached hydrogens (tertiary/aromatic N) is 4. The molecule has 0 spiro atoms. The molecule has 2 aromatic heterocycles. The fraction of sp³-hybridized carbons (Fsp3) is 0.353. The van der Waals surface area contributed by atoms with Crippen molar-refractivity contribution in [2.75, 3.05) is 0 Å². The third kappa shape index (κ3) is 2.94. The highest BCUT2D eigenvalue weighted by Gasteiger charge is 2.21. The van der Waals surface area contributed by atoms with Crippen molar-refractivity contribution in [1.82, 2.24) is 19.6 Å². The third-order valence-corrected chi connectivity index (χ3v) is 4.42. The van der Waals surface area contributed by atoms with E-state index in [9.17, 15) is 4.79 Å². The first kappa shape index (κ1) is 17.0. The van der Waals surface area contributed by atoms with Crippen molar-refractivity contribution >= 4 is 34.1 Å². The van der Waals surface area contributed by atoms with Gasteiger partial charge in [-0.25, -0.2) is 4.68 Å². The van der Waals surface area contributed by atoms with E-state index in [4.69, 9.17) is 23.2 Å². The Hall–Kier alpha value is -1.85. The van der Waals surface area contributed by atoms with E-state index in [0.717, 1.165) is 16.6 Å². The molecule has 0 atom stereocenters. The molecule has 1 aromatic carbocycles. The van der Waals surface area contributed by atoms with Crippen LogP contribution in [0.5, 0.6) is 0 Å². The number of aryl methyl sites for hydroxylation is 1. The number of rotatable bonds is 2. The van der Waals surface area contributed by atoms with Crippen LogP contribution < -0.4 is 5.56 Å². The Morgan fingerprint density at radius 3 is 2.54 bits per heavy atom. The van der Waals surface area contributed by atoms with E-state index in [0.29, 0.717) is 15.6 Å². The number of benzene rings is 1. The van der Waals surface area contributed by atoms with Crippen LogP contribution in [-0.4, -0.2) is 19.6 Å². The largest absolute Gasteiger partial charge is 0.293 e. The second-order valence-corrected chi connectivity index (χ2v) is 7.62. The highest BCUT2D eigenvalue weighted by atomic mass is 35.5. The van der Waals surface area contributed by atoms with Crippen molar-refractivity contribution in [2.24, 2.45) is 0 Å². The number of fused-ring (bicyclic) bond motifs is 1. The lowest BCUT2D eigenvalue weighted by molar-refractivity contribution is 0.366. The maximum Gasteiger partial charge on any atom is 0.293 e. The first-order chi connectivity index (χ1) is 11.2. The molecule has 0 N–H and O–H groups in total. The smallest absolute Gasteiger partial charge is 0.265 e. The zero-order valence-electron chi connectivity index (χ0n) is 14.0. The molecule has 0 saturated heterocycles. The van der Waals surface area contributed by atoms with Crippen LogP contribution in [0.2, 0.25) is 10.0 Å². The predicted octanol–water partition coefficient (Wildman–Crippen LogP) is 4.01. The Bertz CT molecular complexity index is 983. The number of halogens is 2. The van der Waals surface area contributed by atoms with Crippen molar-refractivity contribution in [2.45, 2.75) is 39.8 Å². The molecule has 0 saturated carbocycles. The van der Waals surface area contributed by atoms with Gasteiger partial charge in [0.1, 0.15) is 5.52 Å². The van der Waals surface area contributed by atoms with Crippen molar-refractivity contribution in [3.8, 4) is 0 Å². The van der Waals surface area contributed by atoms with Gasteiger partial charge in [-0.2, -0.15) is 10.2 Å². The summed E-state index contributed by atoms with van der Waals surface area (Å²) in [5, 5.41) is 10.6. The van der Waals surface area contributed by atoms with Crippen LogP contribution >= 0.6 is 23.2 Å². The minimum absolute atomic E-state index is 0.186. The molecule has 0 aliphatic heterocycles. The van der Waals surface area contributed by atoms with Gasteiger partial charge in [0.25, 0.3) is 5.56 Å². The molecular formula is C17H18Cl2N4O. The van der Waals surface area contributed by atoms with E-state index in [1.807, 2.05) is 27.7 Å². The predicted molar refractivity (Wildman–Crippen MR) is 97.1 cm³/mol. The molecule has 0 radical (unpaired) electrons. The molecule has 24 heavy (non-hydrogen) atoms. The second kappa shape index (κ2) is 5.90. The van der Waals surface area contributed by atoms with E-state index in [2.05, 4.69) is 10.2 Å². The summed E-state index contributed by atoms with van der Waals surface area (Å²) < 4.78 is 3.18. The summed E-state index contributed by atoms with van der Waals surface area (Å²) in [6, 6.07) is 5.21. The van der Waals surface area contributed by atoms with Crippen molar-refractivity contribution in [3.05, 3.63) is 56.1 Å². The minimum Gasteiger partial charge on any atom is -0.265 e. The zero-order chi connectivity index (χ0) is 17.6. The topological polar surface area (TPSA) is 52.7 Å². The molecule has 0 bridgehead atoms. The van der Waals surface area contributed by atoms with Gasteiger partial charge >= 0.3 is 0 Å². The summed E-state index contributed by atoms with van der Waals surface area (Å²) in [5.41, 5.74) is 1.61. The average molecular weight is 365 g/mol. The van der Waals surface area contributed by atoms with Crippen LogP contribution in [-0.2, 0) is 12.1 Å². The highest BCUT2D eigenvalue weighted by molar-refractivity contribution is 6.35. The summed E-state index contributed by atoms with van der Waals surface area (Å²) in [6.45, 7) is 8.18. The monoisotopic (exact) mass is 364 g/mol. The van der Waals surface area contributed by atoms with Gasteiger partial charge in [0.05, 0.1) is 24.0 Å². The van der Waals surface area contributed by atoms with Crippen LogP contribution in [0.1, 0.15) is 32.0 Å². The van der Waals surface area contributed by atoms with Gasteiger partial charge in [0.2, 0.25) is 0 Å². The van der Waals surface area contributed by atoms with Crippen LogP contribution in [0.25, 0.3) is 10.9 Å². The highest BCUT2D eigenvalue weighted by Crippen LogP contribution is 2.23. The van der Waals surface area contributed by atoms with Crippen LogP contribution in [0.15, 0.2) is 29.2 Å². The van der Waals surface area contributed by atoms with Gasteiger partial charge in [0.15, 0.2) is 0 Å². The van der Waals surface area contributed by atoms with Crippen molar-refractivity contribution in [3.63, 3.8) is 0 Å². The van der Waals surface area contributed by atoms with E-state index in [-0.39, 0.29) is 17.6 Å². The maximum atomic E-state index is 13.0. The normalized spacial score (nSPS) is 12.1. The second-order valence-electron chi connectivity index (χ2n) is 6.77. The Morgan fingerprint density at radius 1 is 1.21 bits per heavy atom. The molecule has 3 rings (SSSR count). The van der Waals surface area contributed by atoms with E-state index < -0.39 is 0 Å². The van der Waals surface area contributed by atoms with Crippen molar-refractivity contribution < 1.29 is 0 Å². The van der Waals surface area contributed by atoms with E-state index in [1.165, 1.54) is 4.68 Å². The summed E-state index contributed by atoms with van der Waals surface area (Å²) in [5.74, 6) is 0. The summed E-state index contributed by atoms with van der Waals surface area (Å²) in [6.07, 6.45) is 1.70. The van der Waals surface area contributed by atoms with E-state index in [1.54, 1.807) is 29.1 Å². The zero-order valence-corrected chi connectivity index (χ0v) is 15.5. The molecule has 0 aliphatic rings. The molecule has 2 heterocycles. The van der Waals surface area contributed by atoms with E-state index >= 15 is 0 Å². The lowest BCUT2D eigenvalue weighted by Crippen LogP contribution is -2.31. The number of aromatic nitrogens is 4. The third-order valence-electron chi connectivity index (χ3n) is 3.84. The van der Waals surface area contributed by atoms with Gasteiger partial charge in [-0.1, -0.05) is 29.3 Å². The molecule has 0 fully saturated rings. The molecule has 0 aliphatic carbocycles. The summed E-state index contributed by atoms with van der Waals surface area (Å²) in [7, 11) is 0. The maximum absolute atomic E-state index is 13.0. The number of hydrogen-bond acceptors (Lipinski definition) is 3. The lowest BCUT2D eigenvalue weighted by Gasteiger charge is -2.20. The van der Waals surface area contributed by atoms with Gasteiger partial charge in [0, 0.05) is 15.4 Å². The first-order valence-corrected chi connectivity index (χ1v) is 8.34. The molecule has 0 unspecified atom stereocenters. The van der Waals surface area contributed by atoms with Gasteiger partial charge in [-0.3, -0.25) is 9.48 Å². The molecule has 3 aromatic rings. The van der Waals surface area contributed by atoms with Gasteiger partial charge in [-0.15, -0.1) is 0 Å². The van der Waals surface area contributed by atoms with Gasteiger partial charge < -0.3 is 0 Å². The lowest BCUT2D eigenvalue weighted by atomic mass is 10.1. The van der Waals surface area contributed by atoms with Crippen LogP contribution in [0, 0.1) is 6.92 Å². The Morgan fingerprint density at radius 2 is 1.92 bits per heavy atom. The average Bonchev–Trinajstić information content (AvgIpc) is 2.93. The van der Waals surface area contributed by atoms with Crippen molar-refractivity contribution in [1.29, 1.82) is 0 Å². The summed E-state index contributed by atoms with van der Waals surface area (Å²) >= 11 is 12.2. The quantitative estimate of drug-likeness (QED) is 0.690. The Labute approximate surface area is 149 Å². The standard InChI is InChI=1S/C17H18Cl2N4O/c1-10-13-8-20-23(17(2,3)4)15(13)16(24)22(21-10)9-11-5-6-12(18)7-14(11)19/h5-8H,9H2,1-4H3. The Kier molecular flexibility index (Phi) is 4.18. The van der Waals surface area contributed by atoms with Crippen LogP contribution in [0.4, 0.5) is 0 Å². The molecule has 7 heteroatoms. The molecule has 126 valence electrons. The first-order valence-electron chi connectivity index (χ1n) is 7.58. The SMILES string of the molecule is Cc1nn(Cc2ccc(Cl)cc2Cl)c(=O)c2c1cnn2C(C)(C)C. The Balaban J connectivity index is 2.19. The van der Waals surface area contributed by atoms with Crippen LogP contribution in [0.3, 0.4) is 0 Å². The summed E-state index contributed by atoms with van der Waals surface area (Å²) in [4.78, 5) is 13.0. The minimum atomic E-state index is -0.301. The fourth-order valence-corrected chi connectivity index (χ4v) is 3.12. The number of hydrogen-bond donors (Lipinski definition) is 0. The molecule has 0 amide bonds. The van der Waals surface area contributed by atoms with Gasteiger partial charge in [-0.05, 0) is 45.4 Å². The fourth-order valence-electron chi connectivity index (χ4n) is 2.65. The molecule has 5 nitrogen and oxygen atoms in total. The molecular weight excluding hydrogens is 347 g/mol.